The molecule has 0 saturated carbocycles. The predicted molar refractivity (Wildman–Crippen MR) is 82.2 cm³/mol. The molecule has 2 aromatic rings. The average Bonchev–Trinajstić information content (AvgIpc) is 3.01. The van der Waals surface area contributed by atoms with Crippen LogP contribution in [0.25, 0.3) is 10.6 Å². The normalized spacial score (nSPS) is 11.5. The van der Waals surface area contributed by atoms with Crippen molar-refractivity contribution in [2.75, 3.05) is 7.11 Å². The number of hydrogen-bond donors (Lipinski definition) is 0. The Hall–Kier alpha value is -2.36. The maximum absolute atomic E-state index is 11.0. The molecule has 5 nitrogen and oxygen atoms in total. The molecule has 0 bridgehead atoms. The Labute approximate surface area is 129 Å². The minimum atomic E-state index is -0.552. The lowest BCUT2D eigenvalue weighted by Gasteiger charge is -2.05. The lowest BCUT2D eigenvalue weighted by atomic mass is 10.1. The maximum atomic E-state index is 11.0. The van der Waals surface area contributed by atoms with Gasteiger partial charge in [-0.3, -0.25) is 10.1 Å². The van der Waals surface area contributed by atoms with Crippen LogP contribution < -0.4 is 4.74 Å². The van der Waals surface area contributed by atoms with E-state index in [0.717, 1.165) is 0 Å². The Morgan fingerprint density at radius 2 is 2.24 bits per heavy atom. The van der Waals surface area contributed by atoms with Crippen molar-refractivity contribution in [2.24, 2.45) is 0 Å². The van der Waals surface area contributed by atoms with E-state index in [2.05, 4.69) is 0 Å². The van der Waals surface area contributed by atoms with E-state index in [0.29, 0.717) is 10.4 Å². The van der Waals surface area contributed by atoms with Crippen molar-refractivity contribution in [1.29, 1.82) is 5.26 Å². The Kier molecular flexibility index (Phi) is 4.58. The number of allylic oxidation sites excluding steroid dienone is 1. The van der Waals surface area contributed by atoms with Crippen LogP contribution in [0.4, 0.5) is 5.69 Å². The van der Waals surface area contributed by atoms with E-state index < -0.39 is 4.92 Å². The predicted octanol–water partition coefficient (Wildman–Crippen LogP) is 4.30. The third-order valence-corrected chi connectivity index (χ3v) is 4.02. The molecule has 1 aromatic carbocycles. The first-order valence-electron chi connectivity index (χ1n) is 5.75. The summed E-state index contributed by atoms with van der Waals surface area (Å²) in [5, 5.41) is 22.3. The zero-order chi connectivity index (χ0) is 15.4. The van der Waals surface area contributed by atoms with Crippen LogP contribution in [0.3, 0.4) is 0 Å². The van der Waals surface area contributed by atoms with E-state index in [1.807, 2.05) is 11.4 Å². The summed E-state index contributed by atoms with van der Waals surface area (Å²) >= 11 is 7.61. The van der Waals surface area contributed by atoms with Crippen LogP contribution in [0.15, 0.2) is 35.7 Å². The van der Waals surface area contributed by atoms with Gasteiger partial charge in [-0.25, -0.2) is 0 Å². The summed E-state index contributed by atoms with van der Waals surface area (Å²) in [7, 11) is 1.35. The molecule has 0 atom stereocenters. The average molecular weight is 321 g/mol. The molecule has 0 aliphatic heterocycles. The molecule has 106 valence electrons. The fourth-order valence-corrected chi connectivity index (χ4v) is 2.79. The van der Waals surface area contributed by atoms with E-state index >= 15 is 0 Å². The topological polar surface area (TPSA) is 76.2 Å². The number of thiophene rings is 1. The summed E-state index contributed by atoms with van der Waals surface area (Å²) in [5.41, 5.74) is 0.483. The standard InChI is InChI=1S/C14H9ClN2O3S/c1-20-12-5-4-9(7-11(12)17(18)19)14(15)10(8-16)13-3-2-6-21-13/h2-7H,1H3. The molecule has 0 N–H and O–H groups in total. The summed E-state index contributed by atoms with van der Waals surface area (Å²) in [4.78, 5) is 11.2. The first-order valence-corrected chi connectivity index (χ1v) is 7.00. The quantitative estimate of drug-likeness (QED) is 0.478. The van der Waals surface area contributed by atoms with E-state index in [-0.39, 0.29) is 22.0 Å². The monoisotopic (exact) mass is 320 g/mol. The summed E-state index contributed by atoms with van der Waals surface area (Å²) in [6.45, 7) is 0. The third kappa shape index (κ3) is 3.05. The Morgan fingerprint density at radius 1 is 1.48 bits per heavy atom. The van der Waals surface area contributed by atoms with Crippen LogP contribution in [0, 0.1) is 21.4 Å². The van der Waals surface area contributed by atoms with Crippen LogP contribution in [0.2, 0.25) is 0 Å². The number of nitro groups is 1. The molecule has 1 aromatic heterocycles. The minimum Gasteiger partial charge on any atom is -0.490 e. The van der Waals surface area contributed by atoms with Gasteiger partial charge in [0.25, 0.3) is 0 Å². The van der Waals surface area contributed by atoms with Gasteiger partial charge in [0.05, 0.1) is 22.6 Å². The SMILES string of the molecule is COc1ccc(C(Cl)=C(C#N)c2cccs2)cc1[N+](=O)[O-]. The molecular weight excluding hydrogens is 312 g/mol. The molecule has 2 rings (SSSR count). The molecule has 0 saturated heterocycles. The second kappa shape index (κ2) is 6.39. The number of nitrogens with zero attached hydrogens (tertiary/aromatic N) is 2. The zero-order valence-electron chi connectivity index (χ0n) is 10.9. The molecule has 0 aliphatic carbocycles. The number of nitro benzene ring substituents is 1. The van der Waals surface area contributed by atoms with Crippen molar-refractivity contribution < 1.29 is 9.66 Å². The summed E-state index contributed by atoms with van der Waals surface area (Å²) in [6.07, 6.45) is 0. The molecule has 21 heavy (non-hydrogen) atoms. The van der Waals surface area contributed by atoms with Gasteiger partial charge < -0.3 is 4.74 Å². The molecular formula is C14H9ClN2O3S. The van der Waals surface area contributed by atoms with Crippen LogP contribution in [0.1, 0.15) is 10.4 Å². The molecule has 0 amide bonds. The maximum Gasteiger partial charge on any atom is 0.311 e. The fraction of sp³-hybridized carbons (Fsp3) is 0.0714. The Bertz CT molecular complexity index is 748. The van der Waals surface area contributed by atoms with Crippen LogP contribution in [0.5, 0.6) is 5.75 Å². The van der Waals surface area contributed by atoms with Crippen LogP contribution in [-0.4, -0.2) is 12.0 Å². The van der Waals surface area contributed by atoms with Gasteiger partial charge in [0.2, 0.25) is 0 Å². The second-order valence-electron chi connectivity index (χ2n) is 3.92. The Morgan fingerprint density at radius 3 is 2.76 bits per heavy atom. The molecule has 7 heteroatoms. The minimum absolute atomic E-state index is 0.142. The fourth-order valence-electron chi connectivity index (χ4n) is 1.75. The van der Waals surface area contributed by atoms with Crippen LogP contribution in [-0.2, 0) is 0 Å². The van der Waals surface area contributed by atoms with Gasteiger partial charge in [-0.2, -0.15) is 5.26 Å². The van der Waals surface area contributed by atoms with E-state index in [1.54, 1.807) is 18.2 Å². The molecule has 0 fully saturated rings. The highest BCUT2D eigenvalue weighted by atomic mass is 35.5. The van der Waals surface area contributed by atoms with Crippen molar-refractivity contribution in [1.82, 2.24) is 0 Å². The first kappa shape index (κ1) is 15.0. The number of halogens is 1. The second-order valence-corrected chi connectivity index (χ2v) is 5.25. The highest BCUT2D eigenvalue weighted by molar-refractivity contribution is 7.11. The highest BCUT2D eigenvalue weighted by Gasteiger charge is 2.18. The van der Waals surface area contributed by atoms with Gasteiger partial charge in [-0.1, -0.05) is 17.7 Å². The number of hydrogen-bond acceptors (Lipinski definition) is 5. The van der Waals surface area contributed by atoms with Crippen molar-refractivity contribution >= 4 is 39.2 Å². The van der Waals surface area contributed by atoms with Gasteiger partial charge in [0, 0.05) is 16.5 Å². The molecule has 0 unspecified atom stereocenters. The summed E-state index contributed by atoms with van der Waals surface area (Å²) < 4.78 is 4.94. The van der Waals surface area contributed by atoms with Crippen molar-refractivity contribution in [3.63, 3.8) is 0 Å². The lowest BCUT2D eigenvalue weighted by molar-refractivity contribution is -0.385. The summed E-state index contributed by atoms with van der Waals surface area (Å²) in [6, 6.07) is 9.95. The van der Waals surface area contributed by atoms with Gasteiger partial charge in [-0.15, -0.1) is 11.3 Å². The van der Waals surface area contributed by atoms with E-state index in [4.69, 9.17) is 16.3 Å². The zero-order valence-corrected chi connectivity index (χ0v) is 12.4. The van der Waals surface area contributed by atoms with Crippen molar-refractivity contribution in [3.8, 4) is 11.8 Å². The number of benzene rings is 1. The third-order valence-electron chi connectivity index (χ3n) is 2.73. The van der Waals surface area contributed by atoms with E-state index in [1.165, 1.54) is 30.6 Å². The van der Waals surface area contributed by atoms with Crippen molar-refractivity contribution in [3.05, 3.63) is 56.3 Å². The highest BCUT2D eigenvalue weighted by Crippen LogP contribution is 2.36. The van der Waals surface area contributed by atoms with Gasteiger partial charge in [0.1, 0.15) is 6.07 Å². The van der Waals surface area contributed by atoms with Gasteiger partial charge >= 0.3 is 5.69 Å². The molecule has 0 radical (unpaired) electrons. The Balaban J connectivity index is 2.58. The smallest absolute Gasteiger partial charge is 0.311 e. The largest absolute Gasteiger partial charge is 0.490 e. The van der Waals surface area contributed by atoms with Gasteiger partial charge in [0.15, 0.2) is 5.75 Å². The summed E-state index contributed by atoms with van der Waals surface area (Å²) in [5.74, 6) is 0.142. The number of rotatable bonds is 4. The molecule has 1 heterocycles. The number of methoxy groups -OCH3 is 1. The number of ether oxygens (including phenoxy) is 1. The first-order chi connectivity index (χ1) is 10.1. The van der Waals surface area contributed by atoms with Gasteiger partial charge in [-0.05, 0) is 23.6 Å². The molecule has 0 aliphatic rings. The van der Waals surface area contributed by atoms with E-state index in [9.17, 15) is 15.4 Å². The lowest BCUT2D eigenvalue weighted by Crippen LogP contribution is -1.95. The van der Waals surface area contributed by atoms with Crippen LogP contribution >= 0.6 is 22.9 Å². The molecule has 0 spiro atoms. The van der Waals surface area contributed by atoms with Crippen molar-refractivity contribution in [2.45, 2.75) is 0 Å². The number of nitriles is 1.